The number of rotatable bonds is 1. The minimum Gasteiger partial charge on any atom is -0.354 e. The Morgan fingerprint density at radius 2 is 2.40 bits per heavy atom. The van der Waals surface area contributed by atoms with E-state index < -0.39 is 0 Å². The van der Waals surface area contributed by atoms with E-state index in [1.807, 2.05) is 0 Å². The molecule has 0 aromatic rings. The predicted octanol–water partition coefficient (Wildman–Crippen LogP) is 0.0849. The van der Waals surface area contributed by atoms with E-state index in [9.17, 15) is 9.59 Å². The summed E-state index contributed by atoms with van der Waals surface area (Å²) in [5, 5.41) is 2.62. The molecule has 1 N–H and O–H groups in total. The van der Waals surface area contributed by atoms with Gasteiger partial charge in [0.1, 0.15) is 6.29 Å². The topological polar surface area (TPSA) is 46.2 Å². The van der Waals surface area contributed by atoms with Gasteiger partial charge in [-0.2, -0.15) is 0 Å². The molecule has 56 valence electrons. The van der Waals surface area contributed by atoms with E-state index in [-0.39, 0.29) is 16.7 Å². The number of hydrogen-bond acceptors (Lipinski definition) is 2. The van der Waals surface area contributed by atoms with Crippen molar-refractivity contribution in [2.75, 3.05) is 6.54 Å². The second-order valence-corrected chi connectivity index (χ2v) is 3.45. The Morgan fingerprint density at radius 3 is 2.90 bits per heavy atom. The van der Waals surface area contributed by atoms with Gasteiger partial charge >= 0.3 is 0 Å². The number of amides is 1. The second-order valence-electron chi connectivity index (χ2n) is 2.34. The Labute approximate surface area is 67.3 Å². The first-order chi connectivity index (χ1) is 4.74. The van der Waals surface area contributed by atoms with Crippen LogP contribution >= 0.6 is 15.9 Å². The molecular weight excluding hydrogens is 198 g/mol. The predicted molar refractivity (Wildman–Crippen MR) is 39.9 cm³/mol. The van der Waals surface area contributed by atoms with E-state index in [0.29, 0.717) is 13.0 Å². The van der Waals surface area contributed by atoms with E-state index in [4.69, 9.17) is 0 Å². The van der Waals surface area contributed by atoms with Gasteiger partial charge in [-0.15, -0.1) is 0 Å². The summed E-state index contributed by atoms with van der Waals surface area (Å²) in [5.74, 6) is -0.0276. The first-order valence-electron chi connectivity index (χ1n) is 3.11. The molecule has 0 radical (unpaired) electrons. The van der Waals surface area contributed by atoms with Crippen LogP contribution in [-0.4, -0.2) is 23.6 Å². The van der Waals surface area contributed by atoms with Crippen molar-refractivity contribution in [1.29, 1.82) is 0 Å². The van der Waals surface area contributed by atoms with Crippen molar-refractivity contribution < 1.29 is 9.59 Å². The van der Waals surface area contributed by atoms with Crippen LogP contribution in [0.3, 0.4) is 0 Å². The number of carbonyl (C=O) groups is 2. The van der Waals surface area contributed by atoms with Crippen LogP contribution in [0.15, 0.2) is 0 Å². The monoisotopic (exact) mass is 205 g/mol. The molecule has 0 saturated carbocycles. The first-order valence-corrected chi connectivity index (χ1v) is 4.02. The zero-order valence-corrected chi connectivity index (χ0v) is 6.93. The minimum absolute atomic E-state index is 0.0120. The Balaban J connectivity index is 2.48. The lowest BCUT2D eigenvalue weighted by Gasteiger charge is -2.21. The Bertz CT molecular complexity index is 160. The van der Waals surface area contributed by atoms with Crippen LogP contribution < -0.4 is 5.32 Å². The highest BCUT2D eigenvalue weighted by Gasteiger charge is 2.25. The van der Waals surface area contributed by atoms with E-state index >= 15 is 0 Å². The molecule has 4 heteroatoms. The van der Waals surface area contributed by atoms with Crippen LogP contribution in [0.25, 0.3) is 0 Å². The van der Waals surface area contributed by atoms with E-state index in [1.165, 1.54) is 0 Å². The summed E-state index contributed by atoms with van der Waals surface area (Å²) in [6.07, 6.45) is 1.50. The van der Waals surface area contributed by atoms with Crippen LogP contribution in [0, 0.1) is 5.92 Å². The zero-order chi connectivity index (χ0) is 7.56. The third-order valence-electron chi connectivity index (χ3n) is 1.53. The number of carbonyl (C=O) groups excluding carboxylic acids is 2. The second kappa shape index (κ2) is 3.14. The Morgan fingerprint density at radius 1 is 1.70 bits per heavy atom. The molecule has 10 heavy (non-hydrogen) atoms. The standard InChI is InChI=1S/C6H8BrNO2/c7-5-1-4(3-9)2-8-6(5)10/h3-5H,1-2H2,(H,8,10). The molecule has 2 unspecified atom stereocenters. The normalized spacial score (nSPS) is 33.1. The molecule has 1 rings (SSSR count). The van der Waals surface area contributed by atoms with E-state index in [2.05, 4.69) is 21.2 Å². The summed E-state index contributed by atoms with van der Waals surface area (Å²) in [7, 11) is 0. The maximum absolute atomic E-state index is 10.8. The average Bonchev–Trinajstić information content (AvgIpc) is 1.95. The molecule has 3 nitrogen and oxygen atoms in total. The summed E-state index contributed by atoms with van der Waals surface area (Å²) < 4.78 is 0. The maximum Gasteiger partial charge on any atom is 0.233 e. The SMILES string of the molecule is O=CC1CNC(=O)C(Br)C1. The van der Waals surface area contributed by atoms with Crippen molar-refractivity contribution in [3.05, 3.63) is 0 Å². The van der Waals surface area contributed by atoms with Crippen LogP contribution in [0.4, 0.5) is 0 Å². The highest BCUT2D eigenvalue weighted by atomic mass is 79.9. The van der Waals surface area contributed by atoms with Crippen LogP contribution in [0.5, 0.6) is 0 Å². The van der Waals surface area contributed by atoms with Gasteiger partial charge in [0.2, 0.25) is 5.91 Å². The van der Waals surface area contributed by atoms with Crippen LogP contribution in [0.2, 0.25) is 0 Å². The van der Waals surface area contributed by atoms with Crippen molar-refractivity contribution in [1.82, 2.24) is 5.32 Å². The summed E-state index contributed by atoms with van der Waals surface area (Å²) in [5.41, 5.74) is 0. The number of halogens is 1. The molecule has 0 aromatic carbocycles. The molecule has 0 bridgehead atoms. The Hall–Kier alpha value is -0.380. The summed E-state index contributed by atoms with van der Waals surface area (Å²) >= 11 is 3.16. The largest absolute Gasteiger partial charge is 0.354 e. The average molecular weight is 206 g/mol. The molecule has 2 atom stereocenters. The maximum atomic E-state index is 10.8. The van der Waals surface area contributed by atoms with Gasteiger partial charge in [0.25, 0.3) is 0 Å². The molecular formula is C6H8BrNO2. The van der Waals surface area contributed by atoms with E-state index in [1.54, 1.807) is 0 Å². The summed E-state index contributed by atoms with van der Waals surface area (Å²) in [4.78, 5) is 20.8. The van der Waals surface area contributed by atoms with Gasteiger partial charge in [-0.05, 0) is 6.42 Å². The lowest BCUT2D eigenvalue weighted by atomic mass is 10.0. The van der Waals surface area contributed by atoms with Crippen molar-refractivity contribution >= 4 is 28.1 Å². The van der Waals surface area contributed by atoms with Crippen LogP contribution in [-0.2, 0) is 9.59 Å². The van der Waals surface area contributed by atoms with Gasteiger partial charge in [-0.25, -0.2) is 0 Å². The fourth-order valence-electron chi connectivity index (χ4n) is 0.902. The quantitative estimate of drug-likeness (QED) is 0.488. The lowest BCUT2D eigenvalue weighted by Crippen LogP contribution is -2.42. The number of piperidine rings is 1. The molecule has 0 aromatic heterocycles. The van der Waals surface area contributed by atoms with Gasteiger partial charge in [0.15, 0.2) is 0 Å². The van der Waals surface area contributed by atoms with Gasteiger partial charge in [0, 0.05) is 12.5 Å². The molecule has 1 heterocycles. The smallest absolute Gasteiger partial charge is 0.233 e. The summed E-state index contributed by atoms with van der Waals surface area (Å²) in [6, 6.07) is 0. The third kappa shape index (κ3) is 1.56. The molecule has 1 aliphatic heterocycles. The van der Waals surface area contributed by atoms with E-state index in [0.717, 1.165) is 6.29 Å². The number of nitrogens with one attached hydrogen (secondary N) is 1. The zero-order valence-electron chi connectivity index (χ0n) is 5.34. The molecule has 1 fully saturated rings. The van der Waals surface area contributed by atoms with Gasteiger partial charge in [-0.1, -0.05) is 15.9 Å². The fraction of sp³-hybridized carbons (Fsp3) is 0.667. The van der Waals surface area contributed by atoms with Crippen LogP contribution in [0.1, 0.15) is 6.42 Å². The molecule has 1 amide bonds. The van der Waals surface area contributed by atoms with Crippen molar-refractivity contribution in [3.8, 4) is 0 Å². The third-order valence-corrected chi connectivity index (χ3v) is 2.31. The lowest BCUT2D eigenvalue weighted by molar-refractivity contribution is -0.123. The number of hydrogen-bond donors (Lipinski definition) is 1. The highest BCUT2D eigenvalue weighted by molar-refractivity contribution is 9.10. The van der Waals surface area contributed by atoms with Crippen molar-refractivity contribution in [3.63, 3.8) is 0 Å². The fourth-order valence-corrected chi connectivity index (χ4v) is 1.54. The minimum atomic E-state index is -0.184. The molecule has 1 aliphatic rings. The molecule has 0 spiro atoms. The van der Waals surface area contributed by atoms with Crippen molar-refractivity contribution in [2.24, 2.45) is 5.92 Å². The number of aldehydes is 1. The number of alkyl halides is 1. The van der Waals surface area contributed by atoms with Gasteiger partial charge in [-0.3, -0.25) is 4.79 Å². The molecule has 1 saturated heterocycles. The van der Waals surface area contributed by atoms with Gasteiger partial charge < -0.3 is 10.1 Å². The van der Waals surface area contributed by atoms with Gasteiger partial charge in [0.05, 0.1) is 4.83 Å². The summed E-state index contributed by atoms with van der Waals surface area (Å²) in [6.45, 7) is 0.491. The Kier molecular flexibility index (Phi) is 2.43. The highest BCUT2D eigenvalue weighted by Crippen LogP contribution is 2.15. The first kappa shape index (κ1) is 7.72. The molecule has 0 aliphatic carbocycles. The van der Waals surface area contributed by atoms with Crippen molar-refractivity contribution in [2.45, 2.75) is 11.2 Å².